The number of carbonyl (C=O) groups is 2. The van der Waals surface area contributed by atoms with E-state index in [0.717, 1.165) is 12.8 Å². The molecule has 0 fully saturated rings. The Kier molecular flexibility index (Phi) is 6.10. The van der Waals surface area contributed by atoms with Crippen LogP contribution in [0.1, 0.15) is 31.7 Å². The van der Waals surface area contributed by atoms with E-state index in [0.29, 0.717) is 6.42 Å². The Bertz CT molecular complexity index is 644. The molecule has 0 amide bonds. The fourth-order valence-corrected chi connectivity index (χ4v) is 2.71. The highest BCUT2D eigenvalue weighted by molar-refractivity contribution is 5.82. The zero-order valence-corrected chi connectivity index (χ0v) is 13.4. The number of Topliss-reactive ketones (excluding diaryl/α,β-unsaturated/α-hetero) is 1. The lowest BCUT2D eigenvalue weighted by molar-refractivity contribution is -0.140. The minimum Gasteiger partial charge on any atom is -0.481 e. The van der Waals surface area contributed by atoms with Crippen molar-refractivity contribution >= 4 is 11.8 Å². The third-order valence-electron chi connectivity index (χ3n) is 4.08. The third-order valence-corrected chi connectivity index (χ3v) is 4.08. The fraction of sp³-hybridized carbons (Fsp3) is 0.300. The molecule has 0 aromatic heterocycles. The lowest BCUT2D eigenvalue weighted by Gasteiger charge is -2.11. The molecule has 23 heavy (non-hydrogen) atoms. The first-order valence-corrected chi connectivity index (χ1v) is 7.93. The van der Waals surface area contributed by atoms with E-state index in [-0.39, 0.29) is 18.1 Å². The molecule has 120 valence electrons. The molecule has 0 radical (unpaired) electrons. The van der Waals surface area contributed by atoms with Crippen molar-refractivity contribution in [1.29, 1.82) is 0 Å². The van der Waals surface area contributed by atoms with E-state index < -0.39 is 5.97 Å². The number of hydrogen-bond donors (Lipinski definition) is 1. The molecule has 1 N–H and O–H groups in total. The molecule has 0 aliphatic carbocycles. The molecule has 0 saturated carbocycles. The number of rotatable bonds is 8. The van der Waals surface area contributed by atoms with Crippen LogP contribution in [-0.2, 0) is 16.0 Å². The second-order valence-corrected chi connectivity index (χ2v) is 5.86. The molecule has 0 heterocycles. The van der Waals surface area contributed by atoms with Gasteiger partial charge in [0.25, 0.3) is 0 Å². The largest absolute Gasteiger partial charge is 0.481 e. The van der Waals surface area contributed by atoms with Crippen molar-refractivity contribution < 1.29 is 14.7 Å². The molecule has 0 saturated heterocycles. The monoisotopic (exact) mass is 310 g/mol. The predicted molar refractivity (Wildman–Crippen MR) is 91.2 cm³/mol. The van der Waals surface area contributed by atoms with Crippen molar-refractivity contribution in [1.82, 2.24) is 0 Å². The summed E-state index contributed by atoms with van der Waals surface area (Å²) in [5.74, 6) is -1.31. The number of ketones is 1. The second kappa shape index (κ2) is 8.28. The summed E-state index contributed by atoms with van der Waals surface area (Å²) >= 11 is 0. The average molecular weight is 310 g/mol. The summed E-state index contributed by atoms with van der Waals surface area (Å²) in [6.07, 6.45) is 2.24. The summed E-state index contributed by atoms with van der Waals surface area (Å²) in [6.45, 7) is 1.47. The Morgan fingerprint density at radius 3 is 2.13 bits per heavy atom. The minimum atomic E-state index is -0.905. The summed E-state index contributed by atoms with van der Waals surface area (Å²) in [7, 11) is 0. The van der Waals surface area contributed by atoms with Crippen LogP contribution in [0.2, 0.25) is 0 Å². The Morgan fingerprint density at radius 1 is 0.957 bits per heavy atom. The first-order valence-electron chi connectivity index (χ1n) is 7.93. The van der Waals surface area contributed by atoms with Gasteiger partial charge in [-0.3, -0.25) is 9.59 Å². The summed E-state index contributed by atoms with van der Waals surface area (Å²) in [4.78, 5) is 22.2. The normalized spacial score (nSPS) is 11.9. The zero-order chi connectivity index (χ0) is 16.7. The number of aryl methyl sites for hydroxylation is 1. The van der Waals surface area contributed by atoms with Crippen molar-refractivity contribution in [3.63, 3.8) is 0 Å². The standard InChI is InChI=1S/C20H22O3/c1-15(21)19(14-20(22)23)9-5-6-16-10-12-18(13-11-16)17-7-3-2-4-8-17/h2-4,7-8,10-13,19H,5-6,9,14H2,1H3,(H,22,23). The van der Waals surface area contributed by atoms with Crippen molar-refractivity contribution in [2.24, 2.45) is 5.92 Å². The Morgan fingerprint density at radius 2 is 1.57 bits per heavy atom. The van der Waals surface area contributed by atoms with Gasteiger partial charge in [-0.1, -0.05) is 54.6 Å². The lowest BCUT2D eigenvalue weighted by atomic mass is 9.93. The van der Waals surface area contributed by atoms with Gasteiger partial charge in [0.15, 0.2) is 0 Å². The average Bonchev–Trinajstić information content (AvgIpc) is 2.55. The van der Waals surface area contributed by atoms with Crippen molar-refractivity contribution in [2.45, 2.75) is 32.6 Å². The SMILES string of the molecule is CC(=O)C(CCCc1ccc(-c2ccccc2)cc1)CC(=O)O. The molecule has 2 aromatic carbocycles. The maximum absolute atomic E-state index is 11.5. The minimum absolute atomic E-state index is 0.0353. The van der Waals surface area contributed by atoms with Gasteiger partial charge in [-0.2, -0.15) is 0 Å². The summed E-state index contributed by atoms with van der Waals surface area (Å²) < 4.78 is 0. The molecular formula is C20H22O3. The molecule has 0 bridgehead atoms. The lowest BCUT2D eigenvalue weighted by Crippen LogP contribution is -2.15. The van der Waals surface area contributed by atoms with Crippen LogP contribution >= 0.6 is 0 Å². The van der Waals surface area contributed by atoms with Crippen LogP contribution in [0.4, 0.5) is 0 Å². The maximum atomic E-state index is 11.5. The van der Waals surface area contributed by atoms with Crippen LogP contribution in [0, 0.1) is 5.92 Å². The van der Waals surface area contributed by atoms with E-state index in [1.54, 1.807) is 0 Å². The number of aliphatic carboxylic acids is 1. The predicted octanol–water partition coefficient (Wildman–Crippen LogP) is 4.36. The van der Waals surface area contributed by atoms with Gasteiger partial charge in [0.1, 0.15) is 5.78 Å². The molecule has 1 unspecified atom stereocenters. The first-order chi connectivity index (χ1) is 11.1. The topological polar surface area (TPSA) is 54.4 Å². The van der Waals surface area contributed by atoms with Crippen LogP contribution in [-0.4, -0.2) is 16.9 Å². The highest BCUT2D eigenvalue weighted by Crippen LogP contribution is 2.21. The third kappa shape index (κ3) is 5.37. The van der Waals surface area contributed by atoms with E-state index in [1.807, 2.05) is 18.2 Å². The Labute approximate surface area is 137 Å². The summed E-state index contributed by atoms with van der Waals surface area (Å²) in [5, 5.41) is 8.84. The highest BCUT2D eigenvalue weighted by Gasteiger charge is 2.17. The summed E-state index contributed by atoms with van der Waals surface area (Å²) in [5.41, 5.74) is 3.58. The van der Waals surface area contributed by atoms with E-state index in [4.69, 9.17) is 5.11 Å². The fourth-order valence-electron chi connectivity index (χ4n) is 2.71. The number of carboxylic acid groups (broad SMARTS) is 1. The molecule has 0 aliphatic rings. The second-order valence-electron chi connectivity index (χ2n) is 5.86. The van der Waals surface area contributed by atoms with Crippen molar-refractivity contribution in [2.75, 3.05) is 0 Å². The molecule has 2 aromatic rings. The summed E-state index contributed by atoms with van der Waals surface area (Å²) in [6, 6.07) is 18.6. The molecular weight excluding hydrogens is 288 g/mol. The molecule has 1 atom stereocenters. The van der Waals surface area contributed by atoms with Crippen molar-refractivity contribution in [3.8, 4) is 11.1 Å². The quantitative estimate of drug-likeness (QED) is 0.788. The number of carboxylic acids is 1. The van der Waals surface area contributed by atoms with Crippen LogP contribution in [0.15, 0.2) is 54.6 Å². The van der Waals surface area contributed by atoms with Gasteiger partial charge in [-0.05, 0) is 42.9 Å². The molecule has 3 heteroatoms. The van der Waals surface area contributed by atoms with Gasteiger partial charge < -0.3 is 5.11 Å². The zero-order valence-electron chi connectivity index (χ0n) is 13.4. The van der Waals surface area contributed by atoms with E-state index in [9.17, 15) is 9.59 Å². The van der Waals surface area contributed by atoms with Gasteiger partial charge >= 0.3 is 5.97 Å². The Balaban J connectivity index is 1.89. The van der Waals surface area contributed by atoms with Crippen LogP contribution in [0.3, 0.4) is 0 Å². The van der Waals surface area contributed by atoms with E-state index in [2.05, 4.69) is 36.4 Å². The van der Waals surface area contributed by atoms with Crippen molar-refractivity contribution in [3.05, 3.63) is 60.2 Å². The molecule has 0 aliphatic heterocycles. The molecule has 3 nitrogen and oxygen atoms in total. The smallest absolute Gasteiger partial charge is 0.304 e. The van der Waals surface area contributed by atoms with Gasteiger partial charge in [0.05, 0.1) is 6.42 Å². The number of hydrogen-bond acceptors (Lipinski definition) is 2. The van der Waals surface area contributed by atoms with Crippen LogP contribution in [0.25, 0.3) is 11.1 Å². The van der Waals surface area contributed by atoms with Crippen LogP contribution in [0.5, 0.6) is 0 Å². The number of benzene rings is 2. The van der Waals surface area contributed by atoms with Crippen LogP contribution < -0.4 is 0 Å². The van der Waals surface area contributed by atoms with Gasteiger partial charge in [0.2, 0.25) is 0 Å². The van der Waals surface area contributed by atoms with Gasteiger partial charge in [-0.25, -0.2) is 0 Å². The first kappa shape index (κ1) is 16.9. The Hall–Kier alpha value is -2.42. The number of carbonyl (C=O) groups excluding carboxylic acids is 1. The van der Waals surface area contributed by atoms with E-state index >= 15 is 0 Å². The van der Waals surface area contributed by atoms with E-state index in [1.165, 1.54) is 23.6 Å². The molecule has 0 spiro atoms. The highest BCUT2D eigenvalue weighted by atomic mass is 16.4. The molecule has 2 rings (SSSR count). The van der Waals surface area contributed by atoms with Gasteiger partial charge in [-0.15, -0.1) is 0 Å². The maximum Gasteiger partial charge on any atom is 0.304 e. The van der Waals surface area contributed by atoms with Gasteiger partial charge in [0, 0.05) is 5.92 Å².